The highest BCUT2D eigenvalue weighted by Crippen LogP contribution is 1.90. The van der Waals surface area contributed by atoms with E-state index >= 15 is 0 Å². The molecule has 1 unspecified atom stereocenters. The average Bonchev–Trinajstić information content (AvgIpc) is 1.87. The minimum absolute atomic E-state index is 0.161. The van der Waals surface area contributed by atoms with Crippen molar-refractivity contribution in [3.05, 3.63) is 0 Å². The highest BCUT2D eigenvalue weighted by molar-refractivity contribution is 5.85. The molecule has 0 heterocycles. The van der Waals surface area contributed by atoms with Gasteiger partial charge in [0.2, 0.25) is 0 Å². The highest BCUT2D eigenvalue weighted by Gasteiger charge is 2.13. The van der Waals surface area contributed by atoms with Gasteiger partial charge in [-0.15, -0.1) is 0 Å². The third-order valence-electron chi connectivity index (χ3n) is 1.04. The summed E-state index contributed by atoms with van der Waals surface area (Å²) in [6.07, 6.45) is -0.161. The van der Waals surface area contributed by atoms with Crippen LogP contribution in [0.3, 0.4) is 0 Å². The molecule has 0 aromatic heterocycles. The molecule has 0 saturated heterocycles. The van der Waals surface area contributed by atoms with E-state index in [1.54, 1.807) is 0 Å². The van der Waals surface area contributed by atoms with Crippen molar-refractivity contribution in [2.45, 2.75) is 19.4 Å². The number of hydrogen-bond donors (Lipinski definition) is 2. The normalized spacial score (nSPS) is 12.3. The van der Waals surface area contributed by atoms with Gasteiger partial charge in [-0.2, -0.15) is 5.90 Å². The Kier molecular flexibility index (Phi) is 3.60. The minimum atomic E-state index is -0.795. The summed E-state index contributed by atoms with van der Waals surface area (Å²) in [7, 11) is 0. The molecule has 0 aliphatic heterocycles. The smallest absolute Gasteiger partial charge is 0.326 e. The van der Waals surface area contributed by atoms with Crippen LogP contribution in [0.25, 0.3) is 0 Å². The minimum Gasteiger partial charge on any atom is -0.373 e. The van der Waals surface area contributed by atoms with E-state index in [-0.39, 0.29) is 12.2 Å². The first kappa shape index (κ1) is 9.06. The molecule has 4 N–H and O–H groups in total. The van der Waals surface area contributed by atoms with Gasteiger partial charge in [0.15, 0.2) is 0 Å². The zero-order chi connectivity index (χ0) is 8.15. The Morgan fingerprint density at radius 2 is 2.10 bits per heavy atom. The summed E-state index contributed by atoms with van der Waals surface area (Å²) in [6.45, 7) is 1.30. The first-order valence-corrected chi connectivity index (χ1v) is 2.73. The number of rotatable bonds is 3. The maximum absolute atomic E-state index is 10.4. The molecule has 0 amide bonds. The molecule has 0 radical (unpaired) electrons. The van der Waals surface area contributed by atoms with Crippen LogP contribution < -0.4 is 11.6 Å². The molecule has 5 heteroatoms. The van der Waals surface area contributed by atoms with E-state index in [4.69, 9.17) is 5.73 Å². The molecule has 0 aromatic carbocycles. The predicted octanol–water partition coefficient (Wildman–Crippen LogP) is -1.29. The molecule has 0 spiro atoms. The van der Waals surface area contributed by atoms with Gasteiger partial charge in [0.1, 0.15) is 5.78 Å². The number of carbonyl (C=O) groups is 2. The van der Waals surface area contributed by atoms with Crippen molar-refractivity contribution >= 4 is 11.8 Å². The predicted molar refractivity (Wildman–Crippen MR) is 33.6 cm³/mol. The Bertz CT molecular complexity index is 146. The molecule has 0 bridgehead atoms. The fourth-order valence-corrected chi connectivity index (χ4v) is 0.371. The van der Waals surface area contributed by atoms with Crippen molar-refractivity contribution in [2.75, 3.05) is 0 Å². The fraction of sp³-hybridized carbons (Fsp3) is 0.600. The van der Waals surface area contributed by atoms with Crippen LogP contribution in [0.15, 0.2) is 0 Å². The SMILES string of the molecule is CC(=O)C(N)CC(=O)ON. The zero-order valence-corrected chi connectivity index (χ0v) is 5.66. The van der Waals surface area contributed by atoms with Crippen LogP contribution in [0.4, 0.5) is 0 Å². The summed E-state index contributed by atoms with van der Waals surface area (Å²) in [4.78, 5) is 24.6. The standard InChI is InChI=1S/C5H10N2O3/c1-3(8)4(6)2-5(9)10-7/h4H,2,6-7H2,1H3. The Hall–Kier alpha value is -0.940. The van der Waals surface area contributed by atoms with Crippen molar-refractivity contribution < 1.29 is 14.4 Å². The molecule has 0 aliphatic carbocycles. The van der Waals surface area contributed by atoms with E-state index in [1.807, 2.05) is 0 Å². The van der Waals surface area contributed by atoms with Crippen molar-refractivity contribution in [3.8, 4) is 0 Å². The summed E-state index contributed by atoms with van der Waals surface area (Å²) >= 11 is 0. The number of hydrogen-bond acceptors (Lipinski definition) is 5. The van der Waals surface area contributed by atoms with Crippen molar-refractivity contribution in [1.29, 1.82) is 0 Å². The monoisotopic (exact) mass is 146 g/mol. The molecule has 0 aliphatic rings. The lowest BCUT2D eigenvalue weighted by Gasteiger charge is -2.03. The second kappa shape index (κ2) is 3.97. The van der Waals surface area contributed by atoms with Crippen LogP contribution in [-0.2, 0) is 14.4 Å². The fourth-order valence-electron chi connectivity index (χ4n) is 0.371. The second-order valence-electron chi connectivity index (χ2n) is 1.91. The van der Waals surface area contributed by atoms with E-state index in [2.05, 4.69) is 10.7 Å². The number of Topliss-reactive ketones (excluding diaryl/α,β-unsaturated/α-hetero) is 1. The molecule has 0 rings (SSSR count). The lowest BCUT2D eigenvalue weighted by atomic mass is 10.1. The molecular formula is C5H10N2O3. The van der Waals surface area contributed by atoms with Gasteiger partial charge in [-0.25, -0.2) is 0 Å². The van der Waals surface area contributed by atoms with Gasteiger partial charge in [0.25, 0.3) is 0 Å². The maximum Gasteiger partial charge on any atom is 0.326 e. The summed E-state index contributed by atoms with van der Waals surface area (Å²) < 4.78 is 0. The molecule has 0 saturated carbocycles. The van der Waals surface area contributed by atoms with Gasteiger partial charge >= 0.3 is 5.97 Å². The van der Waals surface area contributed by atoms with Crippen LogP contribution in [0, 0.1) is 0 Å². The largest absolute Gasteiger partial charge is 0.373 e. The Morgan fingerprint density at radius 1 is 1.60 bits per heavy atom. The molecule has 0 fully saturated rings. The Labute approximate surface area is 58.3 Å². The number of carbonyl (C=O) groups excluding carboxylic acids is 2. The Morgan fingerprint density at radius 3 is 2.40 bits per heavy atom. The molecule has 10 heavy (non-hydrogen) atoms. The molecule has 0 aromatic rings. The van der Waals surface area contributed by atoms with Crippen LogP contribution in [0.5, 0.6) is 0 Å². The summed E-state index contributed by atoms with van der Waals surface area (Å²) in [5, 5.41) is 0. The highest BCUT2D eigenvalue weighted by atomic mass is 16.7. The van der Waals surface area contributed by atoms with E-state index in [0.29, 0.717) is 0 Å². The molecule has 1 atom stereocenters. The van der Waals surface area contributed by atoms with E-state index < -0.39 is 12.0 Å². The van der Waals surface area contributed by atoms with E-state index in [9.17, 15) is 9.59 Å². The molecule has 58 valence electrons. The van der Waals surface area contributed by atoms with Crippen LogP contribution in [0.2, 0.25) is 0 Å². The quantitative estimate of drug-likeness (QED) is 0.483. The van der Waals surface area contributed by atoms with Crippen LogP contribution in [-0.4, -0.2) is 17.8 Å². The summed E-state index contributed by atoms with van der Waals surface area (Å²) in [5.74, 6) is 3.57. The third-order valence-corrected chi connectivity index (χ3v) is 1.04. The maximum atomic E-state index is 10.4. The van der Waals surface area contributed by atoms with Crippen molar-refractivity contribution in [3.63, 3.8) is 0 Å². The Balaban J connectivity index is 3.68. The van der Waals surface area contributed by atoms with Crippen LogP contribution >= 0.6 is 0 Å². The molecule has 5 nitrogen and oxygen atoms in total. The van der Waals surface area contributed by atoms with Crippen molar-refractivity contribution in [1.82, 2.24) is 0 Å². The van der Waals surface area contributed by atoms with Gasteiger partial charge in [0, 0.05) is 0 Å². The van der Waals surface area contributed by atoms with E-state index in [1.165, 1.54) is 6.92 Å². The summed E-state index contributed by atoms with van der Waals surface area (Å²) in [6, 6.07) is -0.795. The lowest BCUT2D eigenvalue weighted by Crippen LogP contribution is -2.32. The van der Waals surface area contributed by atoms with Crippen LogP contribution in [0.1, 0.15) is 13.3 Å². The van der Waals surface area contributed by atoms with Gasteiger partial charge in [-0.1, -0.05) is 0 Å². The first-order chi connectivity index (χ1) is 4.57. The zero-order valence-electron chi connectivity index (χ0n) is 5.66. The number of nitrogens with two attached hydrogens (primary N) is 2. The van der Waals surface area contributed by atoms with E-state index in [0.717, 1.165) is 0 Å². The topological polar surface area (TPSA) is 95.4 Å². The van der Waals surface area contributed by atoms with Gasteiger partial charge < -0.3 is 10.6 Å². The third kappa shape index (κ3) is 3.16. The summed E-state index contributed by atoms with van der Waals surface area (Å²) in [5.41, 5.74) is 5.19. The molecular weight excluding hydrogens is 136 g/mol. The average molecular weight is 146 g/mol. The first-order valence-electron chi connectivity index (χ1n) is 2.73. The lowest BCUT2D eigenvalue weighted by molar-refractivity contribution is -0.145. The van der Waals surface area contributed by atoms with Crippen molar-refractivity contribution in [2.24, 2.45) is 11.6 Å². The van der Waals surface area contributed by atoms with Gasteiger partial charge in [0.05, 0.1) is 12.5 Å². The van der Waals surface area contributed by atoms with Gasteiger partial charge in [-0.3, -0.25) is 9.59 Å². The van der Waals surface area contributed by atoms with Gasteiger partial charge in [-0.05, 0) is 6.92 Å². The second-order valence-corrected chi connectivity index (χ2v) is 1.91. The number of ketones is 1.